The van der Waals surface area contributed by atoms with Crippen LogP contribution in [-0.4, -0.2) is 56.8 Å². The summed E-state index contributed by atoms with van der Waals surface area (Å²) < 4.78 is 27.5. The van der Waals surface area contributed by atoms with Gasteiger partial charge in [0, 0.05) is 33.2 Å². The lowest BCUT2D eigenvalue weighted by atomic mass is 9.86. The summed E-state index contributed by atoms with van der Waals surface area (Å²) in [4.78, 5) is 0. The molecule has 0 aromatic heterocycles. The predicted octanol–water partition coefficient (Wildman–Crippen LogP) is 1.28. The van der Waals surface area contributed by atoms with Gasteiger partial charge in [0.2, 0.25) is 0 Å². The molecule has 0 aromatic carbocycles. The molecule has 0 saturated heterocycles. The van der Waals surface area contributed by atoms with Gasteiger partial charge < -0.3 is 5.32 Å². The lowest BCUT2D eigenvalue weighted by molar-refractivity contribution is 0.254. The first-order valence-electron chi connectivity index (χ1n) is 7.25. The quantitative estimate of drug-likeness (QED) is 0.651. The molecule has 1 rings (SSSR count). The molecular weight excluding hydrogens is 262 g/mol. The maximum atomic E-state index is 12.3. The molecule has 19 heavy (non-hydrogen) atoms. The number of nitrogens with one attached hydrogen (secondary N) is 1. The van der Waals surface area contributed by atoms with Gasteiger partial charge in [-0.15, -0.1) is 0 Å². The van der Waals surface area contributed by atoms with Crippen molar-refractivity contribution in [2.75, 3.05) is 33.7 Å². The smallest absolute Gasteiger partial charge is 0.281 e. The molecule has 114 valence electrons. The molecule has 5 nitrogen and oxygen atoms in total. The van der Waals surface area contributed by atoms with E-state index in [1.807, 2.05) is 0 Å². The Kier molecular flexibility index (Phi) is 6.73. The van der Waals surface area contributed by atoms with E-state index in [0.717, 1.165) is 13.0 Å². The Balaban J connectivity index is 2.32. The molecule has 1 saturated carbocycles. The molecule has 0 radical (unpaired) electrons. The van der Waals surface area contributed by atoms with Crippen molar-refractivity contribution in [3.63, 3.8) is 0 Å². The number of hydrogen-bond donors (Lipinski definition) is 1. The van der Waals surface area contributed by atoms with Crippen molar-refractivity contribution in [2.45, 2.75) is 45.6 Å². The van der Waals surface area contributed by atoms with Gasteiger partial charge in [-0.2, -0.15) is 17.0 Å². The van der Waals surface area contributed by atoms with Crippen molar-refractivity contribution >= 4 is 10.2 Å². The average Bonchev–Trinajstić information content (AvgIpc) is 2.28. The van der Waals surface area contributed by atoms with Crippen molar-refractivity contribution in [3.8, 4) is 0 Å². The first kappa shape index (κ1) is 16.9. The van der Waals surface area contributed by atoms with Gasteiger partial charge in [-0.25, -0.2) is 0 Å². The second-order valence-corrected chi connectivity index (χ2v) is 8.01. The molecule has 0 atom stereocenters. The maximum Gasteiger partial charge on any atom is 0.281 e. The molecular formula is C13H29N3O2S. The molecule has 6 heteroatoms. The van der Waals surface area contributed by atoms with Crippen molar-refractivity contribution in [1.29, 1.82) is 0 Å². The van der Waals surface area contributed by atoms with Crippen LogP contribution in [0.5, 0.6) is 0 Å². The minimum absolute atomic E-state index is 0.447. The van der Waals surface area contributed by atoms with Gasteiger partial charge in [-0.05, 0) is 31.7 Å². The molecule has 0 aliphatic heterocycles. The summed E-state index contributed by atoms with van der Waals surface area (Å²) in [6.45, 7) is 6.26. The standard InChI is InChI=1S/C13H29N3O2S/c1-12(2)14-9-6-10-15(3)19(17,18)16(4)11-13-7-5-8-13/h12-14H,5-11H2,1-4H3. The number of rotatable bonds is 9. The van der Waals surface area contributed by atoms with E-state index in [2.05, 4.69) is 19.2 Å². The van der Waals surface area contributed by atoms with Crippen LogP contribution in [-0.2, 0) is 10.2 Å². The summed E-state index contributed by atoms with van der Waals surface area (Å²) in [5, 5.41) is 3.30. The van der Waals surface area contributed by atoms with E-state index in [1.165, 1.54) is 27.9 Å². The lowest BCUT2D eigenvalue weighted by Gasteiger charge is -2.31. The minimum Gasteiger partial charge on any atom is -0.314 e. The Labute approximate surface area is 118 Å². The van der Waals surface area contributed by atoms with Gasteiger partial charge in [0.25, 0.3) is 10.2 Å². The Morgan fingerprint density at radius 1 is 1.21 bits per heavy atom. The van der Waals surface area contributed by atoms with Crippen LogP contribution in [0.15, 0.2) is 0 Å². The molecule has 0 amide bonds. The number of hydrogen-bond acceptors (Lipinski definition) is 3. The van der Waals surface area contributed by atoms with Crippen LogP contribution in [0.2, 0.25) is 0 Å². The van der Waals surface area contributed by atoms with Gasteiger partial charge in [0.15, 0.2) is 0 Å². The van der Waals surface area contributed by atoms with E-state index in [4.69, 9.17) is 0 Å². The fourth-order valence-corrected chi connectivity index (χ4v) is 3.41. The Hall–Kier alpha value is -0.170. The molecule has 1 aliphatic rings. The van der Waals surface area contributed by atoms with Crippen LogP contribution in [0.1, 0.15) is 39.5 Å². The second kappa shape index (κ2) is 7.57. The second-order valence-electron chi connectivity index (χ2n) is 5.87. The summed E-state index contributed by atoms with van der Waals surface area (Å²) in [6, 6.07) is 0.447. The van der Waals surface area contributed by atoms with Crippen LogP contribution in [0.4, 0.5) is 0 Å². The monoisotopic (exact) mass is 291 g/mol. The molecule has 0 aromatic rings. The van der Waals surface area contributed by atoms with E-state index >= 15 is 0 Å². The highest BCUT2D eigenvalue weighted by Gasteiger charge is 2.27. The molecule has 0 unspecified atom stereocenters. The largest absolute Gasteiger partial charge is 0.314 e. The summed E-state index contributed by atoms with van der Waals surface area (Å²) in [7, 11) is 0.0875. The van der Waals surface area contributed by atoms with E-state index in [-0.39, 0.29) is 0 Å². The zero-order valence-corrected chi connectivity index (χ0v) is 13.5. The van der Waals surface area contributed by atoms with Crippen LogP contribution >= 0.6 is 0 Å². The van der Waals surface area contributed by atoms with Crippen LogP contribution in [0.3, 0.4) is 0 Å². The fraction of sp³-hybridized carbons (Fsp3) is 1.00. The first-order chi connectivity index (χ1) is 8.84. The van der Waals surface area contributed by atoms with E-state index in [1.54, 1.807) is 14.1 Å². The number of nitrogens with zero attached hydrogens (tertiary/aromatic N) is 2. The lowest BCUT2D eigenvalue weighted by Crippen LogP contribution is -2.43. The normalized spacial score (nSPS) is 17.4. The SMILES string of the molecule is CC(C)NCCCN(C)S(=O)(=O)N(C)CC1CCC1. The Morgan fingerprint density at radius 2 is 1.84 bits per heavy atom. The van der Waals surface area contributed by atoms with Crippen molar-refractivity contribution in [1.82, 2.24) is 13.9 Å². The Morgan fingerprint density at radius 3 is 2.32 bits per heavy atom. The summed E-state index contributed by atoms with van der Waals surface area (Å²) in [5.41, 5.74) is 0. The minimum atomic E-state index is -3.27. The first-order valence-corrected chi connectivity index (χ1v) is 8.64. The fourth-order valence-electron chi connectivity index (χ4n) is 2.18. The third-order valence-electron chi connectivity index (χ3n) is 3.73. The van der Waals surface area contributed by atoms with Crippen molar-refractivity contribution < 1.29 is 8.42 Å². The van der Waals surface area contributed by atoms with Gasteiger partial charge >= 0.3 is 0 Å². The van der Waals surface area contributed by atoms with Gasteiger partial charge in [-0.1, -0.05) is 20.3 Å². The maximum absolute atomic E-state index is 12.3. The molecule has 1 fully saturated rings. The van der Waals surface area contributed by atoms with Crippen molar-refractivity contribution in [2.24, 2.45) is 5.92 Å². The molecule has 0 heterocycles. The van der Waals surface area contributed by atoms with Gasteiger partial charge in [-0.3, -0.25) is 0 Å². The third-order valence-corrected chi connectivity index (χ3v) is 5.64. The van der Waals surface area contributed by atoms with Crippen LogP contribution in [0.25, 0.3) is 0 Å². The van der Waals surface area contributed by atoms with Crippen LogP contribution < -0.4 is 5.32 Å². The van der Waals surface area contributed by atoms with Crippen molar-refractivity contribution in [3.05, 3.63) is 0 Å². The highest BCUT2D eigenvalue weighted by atomic mass is 32.2. The third kappa shape index (κ3) is 5.38. The molecule has 1 aliphatic carbocycles. The molecule has 1 N–H and O–H groups in total. The predicted molar refractivity (Wildman–Crippen MR) is 79.3 cm³/mol. The zero-order chi connectivity index (χ0) is 14.5. The summed E-state index contributed by atoms with van der Waals surface area (Å²) in [5.74, 6) is 0.566. The summed E-state index contributed by atoms with van der Waals surface area (Å²) in [6.07, 6.45) is 4.42. The van der Waals surface area contributed by atoms with E-state index < -0.39 is 10.2 Å². The zero-order valence-electron chi connectivity index (χ0n) is 12.7. The Bertz CT molecular complexity index is 353. The van der Waals surface area contributed by atoms with E-state index in [9.17, 15) is 8.42 Å². The topological polar surface area (TPSA) is 52.7 Å². The summed E-state index contributed by atoms with van der Waals surface area (Å²) >= 11 is 0. The van der Waals surface area contributed by atoms with Crippen LogP contribution in [0, 0.1) is 5.92 Å². The highest BCUT2D eigenvalue weighted by molar-refractivity contribution is 7.86. The van der Waals surface area contributed by atoms with E-state index in [0.29, 0.717) is 25.0 Å². The van der Waals surface area contributed by atoms with Gasteiger partial charge in [0.05, 0.1) is 0 Å². The molecule has 0 spiro atoms. The highest BCUT2D eigenvalue weighted by Crippen LogP contribution is 2.27. The average molecular weight is 291 g/mol. The molecule has 0 bridgehead atoms. The van der Waals surface area contributed by atoms with Gasteiger partial charge in [0.1, 0.15) is 0 Å².